The van der Waals surface area contributed by atoms with Gasteiger partial charge in [0, 0.05) is 18.8 Å². The summed E-state index contributed by atoms with van der Waals surface area (Å²) in [6.45, 7) is 0.373. The van der Waals surface area contributed by atoms with Crippen LogP contribution in [0.2, 0.25) is 5.02 Å². The molecule has 1 aliphatic heterocycles. The minimum absolute atomic E-state index is 0.000143. The number of para-hydroxylation sites is 1. The zero-order valence-corrected chi connectivity index (χ0v) is 22.3. The van der Waals surface area contributed by atoms with Crippen LogP contribution >= 0.6 is 11.6 Å². The Morgan fingerprint density at radius 1 is 0.946 bits per heavy atom. The van der Waals surface area contributed by atoms with E-state index in [-0.39, 0.29) is 33.0 Å². The molecule has 1 saturated heterocycles. The molecule has 0 bridgehead atoms. The highest BCUT2D eigenvalue weighted by atomic mass is 35.5. The fourth-order valence-electron chi connectivity index (χ4n) is 3.98. The van der Waals surface area contributed by atoms with Gasteiger partial charge in [-0.3, -0.25) is 9.52 Å². The largest absolute Gasteiger partial charge is 0.497 e. The summed E-state index contributed by atoms with van der Waals surface area (Å²) in [5, 5.41) is 3.03. The molecular formula is C25H26ClN3O6S2. The van der Waals surface area contributed by atoms with E-state index < -0.39 is 26.0 Å². The van der Waals surface area contributed by atoms with Crippen molar-refractivity contribution < 1.29 is 26.4 Å². The lowest BCUT2D eigenvalue weighted by molar-refractivity contribution is -0.120. The van der Waals surface area contributed by atoms with Crippen molar-refractivity contribution in [1.82, 2.24) is 4.31 Å². The number of hydrogen-bond acceptors (Lipinski definition) is 6. The van der Waals surface area contributed by atoms with Crippen molar-refractivity contribution in [2.75, 3.05) is 30.2 Å². The number of methoxy groups -OCH3 is 1. The number of benzene rings is 3. The van der Waals surface area contributed by atoms with Crippen LogP contribution in [0.1, 0.15) is 12.8 Å². The van der Waals surface area contributed by atoms with E-state index in [9.17, 15) is 21.6 Å². The smallest absolute Gasteiger partial charge is 0.261 e. The van der Waals surface area contributed by atoms with Gasteiger partial charge < -0.3 is 10.1 Å². The molecule has 196 valence electrons. The number of rotatable bonds is 8. The molecule has 1 fully saturated rings. The number of carbonyl (C=O) groups excluding carboxylic acids is 1. The van der Waals surface area contributed by atoms with Crippen LogP contribution in [0.3, 0.4) is 0 Å². The van der Waals surface area contributed by atoms with Crippen LogP contribution in [0.5, 0.6) is 5.75 Å². The van der Waals surface area contributed by atoms with Crippen molar-refractivity contribution in [2.24, 2.45) is 5.92 Å². The molecule has 37 heavy (non-hydrogen) atoms. The summed E-state index contributed by atoms with van der Waals surface area (Å²) in [4.78, 5) is 13.1. The molecule has 1 atom stereocenters. The second-order valence-corrected chi connectivity index (χ2v) is 12.5. The van der Waals surface area contributed by atoms with Crippen LogP contribution in [0, 0.1) is 5.92 Å². The van der Waals surface area contributed by atoms with Gasteiger partial charge in [0.1, 0.15) is 5.75 Å². The number of hydrogen-bond donors (Lipinski definition) is 2. The molecule has 0 aliphatic carbocycles. The molecule has 0 saturated carbocycles. The van der Waals surface area contributed by atoms with E-state index in [4.69, 9.17) is 16.3 Å². The van der Waals surface area contributed by atoms with Crippen LogP contribution < -0.4 is 14.8 Å². The summed E-state index contributed by atoms with van der Waals surface area (Å²) in [7, 11) is -6.15. The zero-order valence-electron chi connectivity index (χ0n) is 19.9. The molecule has 1 aliphatic rings. The molecule has 12 heteroatoms. The van der Waals surface area contributed by atoms with Gasteiger partial charge in [-0.15, -0.1) is 0 Å². The predicted molar refractivity (Wildman–Crippen MR) is 142 cm³/mol. The average Bonchev–Trinajstić information content (AvgIpc) is 2.90. The molecule has 9 nitrogen and oxygen atoms in total. The first-order valence-corrected chi connectivity index (χ1v) is 14.7. The molecule has 0 spiro atoms. The van der Waals surface area contributed by atoms with Gasteiger partial charge in [0.15, 0.2) is 0 Å². The summed E-state index contributed by atoms with van der Waals surface area (Å²) in [5.41, 5.74) is 0.657. The highest BCUT2D eigenvalue weighted by Gasteiger charge is 2.33. The molecule has 3 aromatic rings. The highest BCUT2D eigenvalue weighted by Crippen LogP contribution is 2.27. The maximum Gasteiger partial charge on any atom is 0.261 e. The van der Waals surface area contributed by atoms with Gasteiger partial charge in [-0.2, -0.15) is 4.31 Å². The number of anilines is 2. The SMILES string of the molecule is COc1ccc(S(=O)(=O)N2CCC[C@H](C(=O)Nc3ccc(S(=O)(=O)Nc4ccccc4Cl)cc3)C2)cc1. The van der Waals surface area contributed by atoms with Crippen LogP contribution in [0.25, 0.3) is 0 Å². The number of nitrogens with zero attached hydrogens (tertiary/aromatic N) is 1. The summed E-state index contributed by atoms with van der Waals surface area (Å²) in [5.74, 6) is -0.334. The molecule has 2 N–H and O–H groups in total. The fraction of sp³-hybridized carbons (Fsp3) is 0.240. The van der Waals surface area contributed by atoms with Gasteiger partial charge in [0.05, 0.1) is 33.5 Å². The van der Waals surface area contributed by atoms with Crippen molar-refractivity contribution in [3.8, 4) is 5.75 Å². The quantitative estimate of drug-likeness (QED) is 0.424. The lowest BCUT2D eigenvalue weighted by Crippen LogP contribution is -2.43. The third kappa shape index (κ3) is 6.24. The first-order valence-electron chi connectivity index (χ1n) is 11.4. The monoisotopic (exact) mass is 563 g/mol. The summed E-state index contributed by atoms with van der Waals surface area (Å²) in [6.07, 6.45) is 1.08. The van der Waals surface area contributed by atoms with Crippen molar-refractivity contribution in [1.29, 1.82) is 0 Å². The predicted octanol–water partition coefficient (Wildman–Crippen LogP) is 4.19. The van der Waals surface area contributed by atoms with Crippen LogP contribution in [0.15, 0.2) is 82.6 Å². The lowest BCUT2D eigenvalue weighted by Gasteiger charge is -2.31. The number of ether oxygens (including phenoxy) is 1. The second-order valence-electron chi connectivity index (χ2n) is 8.48. The third-order valence-electron chi connectivity index (χ3n) is 6.00. The van der Waals surface area contributed by atoms with Gasteiger partial charge in [-0.25, -0.2) is 16.8 Å². The van der Waals surface area contributed by atoms with Crippen LogP contribution in [0.4, 0.5) is 11.4 Å². The van der Waals surface area contributed by atoms with E-state index in [0.29, 0.717) is 30.8 Å². The molecule has 1 amide bonds. The Kier molecular flexibility index (Phi) is 8.08. The molecule has 0 unspecified atom stereocenters. The van der Waals surface area contributed by atoms with E-state index >= 15 is 0 Å². The zero-order chi connectivity index (χ0) is 26.6. The lowest BCUT2D eigenvalue weighted by atomic mass is 9.99. The Bertz CT molecular complexity index is 1480. The number of amides is 1. The Morgan fingerprint density at radius 3 is 2.24 bits per heavy atom. The first kappa shape index (κ1) is 26.9. The first-order chi connectivity index (χ1) is 17.6. The topological polar surface area (TPSA) is 122 Å². The van der Waals surface area contributed by atoms with Crippen molar-refractivity contribution in [3.63, 3.8) is 0 Å². The van der Waals surface area contributed by atoms with Crippen molar-refractivity contribution in [2.45, 2.75) is 22.6 Å². The Balaban J connectivity index is 1.41. The highest BCUT2D eigenvalue weighted by molar-refractivity contribution is 7.92. The number of piperidine rings is 1. The number of sulfonamides is 2. The summed E-state index contributed by atoms with van der Waals surface area (Å²) >= 11 is 6.04. The Hall–Kier alpha value is -3.12. The third-order valence-corrected chi connectivity index (χ3v) is 9.59. The molecule has 4 rings (SSSR count). The number of carbonyl (C=O) groups is 1. The maximum absolute atomic E-state index is 13.1. The maximum atomic E-state index is 13.1. The van der Waals surface area contributed by atoms with E-state index in [1.165, 1.54) is 47.8 Å². The minimum Gasteiger partial charge on any atom is -0.497 e. The molecule has 0 radical (unpaired) electrons. The van der Waals surface area contributed by atoms with Crippen LogP contribution in [-0.2, 0) is 24.8 Å². The molecule has 1 heterocycles. The van der Waals surface area contributed by atoms with Crippen LogP contribution in [-0.4, -0.2) is 47.2 Å². The van der Waals surface area contributed by atoms with Crippen molar-refractivity contribution >= 4 is 48.9 Å². The second kappa shape index (κ2) is 11.1. The van der Waals surface area contributed by atoms with E-state index in [1.54, 1.807) is 36.4 Å². The molecule has 3 aromatic carbocycles. The van der Waals surface area contributed by atoms with E-state index in [0.717, 1.165) is 0 Å². The van der Waals surface area contributed by atoms with Gasteiger partial charge in [0.25, 0.3) is 10.0 Å². The number of nitrogens with one attached hydrogen (secondary N) is 2. The summed E-state index contributed by atoms with van der Waals surface area (Å²) < 4.78 is 60.4. The van der Waals surface area contributed by atoms with Gasteiger partial charge in [-0.05, 0) is 73.5 Å². The molecule has 0 aromatic heterocycles. The standard InChI is InChI=1S/C25H26ClN3O6S2/c1-35-20-10-14-22(15-11-20)37(33,34)29-16-4-5-18(17-29)25(30)27-19-8-12-21(13-9-19)36(31,32)28-24-7-3-2-6-23(24)26/h2-3,6-15,18,28H,4-5,16-17H2,1H3,(H,27,30)/t18-/m0/s1. The average molecular weight is 564 g/mol. The van der Waals surface area contributed by atoms with E-state index in [2.05, 4.69) is 10.0 Å². The normalized spacial score (nSPS) is 16.6. The van der Waals surface area contributed by atoms with Crippen molar-refractivity contribution in [3.05, 3.63) is 77.8 Å². The Morgan fingerprint density at radius 2 is 1.59 bits per heavy atom. The number of halogens is 1. The Labute approximate surface area is 221 Å². The van der Waals surface area contributed by atoms with E-state index in [1.807, 2.05) is 0 Å². The fourth-order valence-corrected chi connectivity index (χ4v) is 6.82. The molecular weight excluding hydrogens is 538 g/mol. The minimum atomic E-state index is -3.88. The van der Waals surface area contributed by atoms with Gasteiger partial charge >= 0.3 is 0 Å². The van der Waals surface area contributed by atoms with Gasteiger partial charge in [-0.1, -0.05) is 23.7 Å². The van der Waals surface area contributed by atoms with Gasteiger partial charge in [0.2, 0.25) is 15.9 Å². The summed E-state index contributed by atoms with van der Waals surface area (Å²) in [6, 6.07) is 18.3.